The number of benzene rings is 3. The fourth-order valence-electron chi connectivity index (χ4n) is 4.07. The molecule has 30 heavy (non-hydrogen) atoms. The first-order chi connectivity index (χ1) is 14.6. The quantitative estimate of drug-likeness (QED) is 0.697. The Labute approximate surface area is 175 Å². The number of hydrogen-bond donors (Lipinski definition) is 1. The molecule has 1 fully saturated rings. The highest BCUT2D eigenvalue weighted by Crippen LogP contribution is 2.22. The zero-order chi connectivity index (χ0) is 20.9. The van der Waals surface area contributed by atoms with Gasteiger partial charge in [-0.1, -0.05) is 54.6 Å². The van der Waals surface area contributed by atoms with Crippen LogP contribution in [0.2, 0.25) is 0 Å². The molecule has 2 amide bonds. The topological polar surface area (TPSA) is 49.4 Å². The predicted molar refractivity (Wildman–Crippen MR) is 115 cm³/mol. The van der Waals surface area contributed by atoms with Crippen LogP contribution < -0.4 is 5.32 Å². The van der Waals surface area contributed by atoms with Crippen molar-refractivity contribution in [2.75, 3.05) is 13.1 Å². The molecule has 1 saturated heterocycles. The van der Waals surface area contributed by atoms with Crippen LogP contribution in [-0.2, 0) is 22.6 Å². The molecule has 0 aliphatic carbocycles. The van der Waals surface area contributed by atoms with Crippen molar-refractivity contribution in [1.29, 1.82) is 0 Å². The van der Waals surface area contributed by atoms with E-state index in [1.54, 1.807) is 12.1 Å². The highest BCUT2D eigenvalue weighted by molar-refractivity contribution is 5.90. The minimum absolute atomic E-state index is 0.0537. The maximum atomic E-state index is 13.0. The molecule has 5 heteroatoms. The Hall–Kier alpha value is -3.21. The lowest BCUT2D eigenvalue weighted by molar-refractivity contribution is -0.135. The van der Waals surface area contributed by atoms with Gasteiger partial charge in [-0.2, -0.15) is 0 Å². The Morgan fingerprint density at radius 3 is 2.60 bits per heavy atom. The molecule has 3 aromatic rings. The maximum absolute atomic E-state index is 13.0. The highest BCUT2D eigenvalue weighted by Gasteiger charge is 2.28. The van der Waals surface area contributed by atoms with Crippen molar-refractivity contribution in [3.8, 4) is 0 Å². The number of carbonyl (C=O) groups is 2. The van der Waals surface area contributed by atoms with Crippen LogP contribution in [0.4, 0.5) is 4.39 Å². The first kappa shape index (κ1) is 20.1. The lowest BCUT2D eigenvalue weighted by Gasteiger charge is -2.32. The van der Waals surface area contributed by atoms with Crippen LogP contribution in [0.1, 0.15) is 24.0 Å². The second-order valence-corrected chi connectivity index (χ2v) is 7.84. The number of carbonyl (C=O) groups excluding carboxylic acids is 2. The van der Waals surface area contributed by atoms with Gasteiger partial charge < -0.3 is 10.2 Å². The Morgan fingerprint density at radius 2 is 1.77 bits per heavy atom. The smallest absolute Gasteiger partial charge is 0.227 e. The van der Waals surface area contributed by atoms with Gasteiger partial charge in [0.25, 0.3) is 0 Å². The Balaban J connectivity index is 1.36. The zero-order valence-electron chi connectivity index (χ0n) is 16.8. The van der Waals surface area contributed by atoms with Gasteiger partial charge in [0.1, 0.15) is 5.82 Å². The summed E-state index contributed by atoms with van der Waals surface area (Å²) in [5.74, 6) is -0.502. The molecule has 154 valence electrons. The third-order valence-electron chi connectivity index (χ3n) is 5.75. The normalized spacial score (nSPS) is 16.4. The first-order valence-electron chi connectivity index (χ1n) is 10.4. The average molecular weight is 404 g/mol. The molecule has 1 aliphatic rings. The van der Waals surface area contributed by atoms with Crippen molar-refractivity contribution >= 4 is 22.6 Å². The van der Waals surface area contributed by atoms with Gasteiger partial charge in [0.15, 0.2) is 0 Å². The summed E-state index contributed by atoms with van der Waals surface area (Å²) in [5, 5.41) is 5.14. The van der Waals surface area contributed by atoms with E-state index in [0.717, 1.165) is 34.7 Å². The number of nitrogens with zero attached hydrogens (tertiary/aromatic N) is 1. The van der Waals surface area contributed by atoms with Gasteiger partial charge in [0.2, 0.25) is 11.8 Å². The summed E-state index contributed by atoms with van der Waals surface area (Å²) in [4.78, 5) is 27.4. The molecule has 1 aliphatic heterocycles. The molecule has 1 heterocycles. The van der Waals surface area contributed by atoms with E-state index in [4.69, 9.17) is 0 Å². The van der Waals surface area contributed by atoms with E-state index in [0.29, 0.717) is 26.1 Å². The molecule has 4 nitrogen and oxygen atoms in total. The van der Waals surface area contributed by atoms with Crippen molar-refractivity contribution in [1.82, 2.24) is 10.2 Å². The Kier molecular flexibility index (Phi) is 6.07. The Bertz CT molecular complexity index is 1040. The van der Waals surface area contributed by atoms with Gasteiger partial charge in [-0.05, 0) is 46.9 Å². The Morgan fingerprint density at radius 1 is 1.00 bits per heavy atom. The summed E-state index contributed by atoms with van der Waals surface area (Å²) < 4.78 is 13.0. The monoisotopic (exact) mass is 404 g/mol. The fraction of sp³-hybridized carbons (Fsp3) is 0.280. The number of rotatable bonds is 5. The van der Waals surface area contributed by atoms with Gasteiger partial charge in [0.05, 0.1) is 12.3 Å². The lowest BCUT2D eigenvalue weighted by Crippen LogP contribution is -2.45. The SMILES string of the molecule is O=C(NCc1ccc(F)cc1)C1CCCN(C(=O)Cc2cccc3ccccc23)C1. The summed E-state index contributed by atoms with van der Waals surface area (Å²) in [5.41, 5.74) is 1.87. The molecule has 0 spiro atoms. The van der Waals surface area contributed by atoms with Crippen LogP contribution in [0.25, 0.3) is 10.8 Å². The van der Waals surface area contributed by atoms with E-state index in [2.05, 4.69) is 5.32 Å². The van der Waals surface area contributed by atoms with Crippen LogP contribution in [0.15, 0.2) is 66.7 Å². The van der Waals surface area contributed by atoms with Gasteiger partial charge in [-0.3, -0.25) is 9.59 Å². The molecule has 1 unspecified atom stereocenters. The number of hydrogen-bond acceptors (Lipinski definition) is 2. The minimum atomic E-state index is -0.294. The second kappa shape index (κ2) is 9.08. The van der Waals surface area contributed by atoms with Crippen molar-refractivity contribution < 1.29 is 14.0 Å². The molecular weight excluding hydrogens is 379 g/mol. The van der Waals surface area contributed by atoms with Crippen LogP contribution in [0.3, 0.4) is 0 Å². The van der Waals surface area contributed by atoms with Crippen molar-refractivity contribution in [3.05, 3.63) is 83.7 Å². The van der Waals surface area contributed by atoms with Crippen molar-refractivity contribution in [2.24, 2.45) is 5.92 Å². The average Bonchev–Trinajstić information content (AvgIpc) is 2.79. The fourth-order valence-corrected chi connectivity index (χ4v) is 4.07. The van der Waals surface area contributed by atoms with Crippen LogP contribution >= 0.6 is 0 Å². The molecule has 0 bridgehead atoms. The third kappa shape index (κ3) is 4.67. The summed E-state index contributed by atoms with van der Waals surface area (Å²) in [6.45, 7) is 1.49. The molecule has 3 aromatic carbocycles. The number of fused-ring (bicyclic) bond motifs is 1. The van der Waals surface area contributed by atoms with E-state index in [-0.39, 0.29) is 23.5 Å². The van der Waals surface area contributed by atoms with E-state index in [1.165, 1.54) is 12.1 Å². The first-order valence-corrected chi connectivity index (χ1v) is 10.4. The number of amides is 2. The molecule has 0 radical (unpaired) electrons. The van der Waals surface area contributed by atoms with Crippen molar-refractivity contribution in [2.45, 2.75) is 25.8 Å². The van der Waals surface area contributed by atoms with E-state index >= 15 is 0 Å². The van der Waals surface area contributed by atoms with E-state index in [9.17, 15) is 14.0 Å². The van der Waals surface area contributed by atoms with E-state index < -0.39 is 0 Å². The highest BCUT2D eigenvalue weighted by atomic mass is 19.1. The molecule has 0 saturated carbocycles. The predicted octanol–water partition coefficient (Wildman–Crippen LogP) is 4.08. The molecule has 0 aromatic heterocycles. The molecule has 1 N–H and O–H groups in total. The maximum Gasteiger partial charge on any atom is 0.227 e. The van der Waals surface area contributed by atoms with Crippen LogP contribution in [0.5, 0.6) is 0 Å². The lowest BCUT2D eigenvalue weighted by atomic mass is 9.95. The number of likely N-dealkylation sites (tertiary alicyclic amines) is 1. The van der Waals surface area contributed by atoms with Crippen LogP contribution in [0, 0.1) is 11.7 Å². The van der Waals surface area contributed by atoms with Gasteiger partial charge in [-0.25, -0.2) is 4.39 Å². The van der Waals surface area contributed by atoms with E-state index in [1.807, 2.05) is 47.4 Å². The number of nitrogens with one attached hydrogen (secondary N) is 1. The van der Waals surface area contributed by atoms with Crippen molar-refractivity contribution in [3.63, 3.8) is 0 Å². The zero-order valence-corrected chi connectivity index (χ0v) is 16.8. The molecular formula is C25H25FN2O2. The van der Waals surface area contributed by atoms with Gasteiger partial charge in [-0.15, -0.1) is 0 Å². The van der Waals surface area contributed by atoms with Gasteiger partial charge >= 0.3 is 0 Å². The third-order valence-corrected chi connectivity index (χ3v) is 5.75. The van der Waals surface area contributed by atoms with Gasteiger partial charge in [0, 0.05) is 19.6 Å². The summed E-state index contributed by atoms with van der Waals surface area (Å²) in [6.07, 6.45) is 1.93. The number of halogens is 1. The second-order valence-electron chi connectivity index (χ2n) is 7.84. The molecule has 1 atom stereocenters. The standard InChI is InChI=1S/C25H25FN2O2/c26-22-12-10-18(11-13-22)16-27-25(30)21-8-4-14-28(17-21)24(29)15-20-7-3-6-19-5-1-2-9-23(19)20/h1-3,5-7,9-13,21H,4,8,14-17H2,(H,27,30). The summed E-state index contributed by atoms with van der Waals surface area (Å²) >= 11 is 0. The largest absolute Gasteiger partial charge is 0.352 e. The number of piperidine rings is 1. The summed E-state index contributed by atoms with van der Waals surface area (Å²) in [6, 6.07) is 20.2. The molecule has 4 rings (SSSR count). The minimum Gasteiger partial charge on any atom is -0.352 e. The van der Waals surface area contributed by atoms with Crippen LogP contribution in [-0.4, -0.2) is 29.8 Å². The summed E-state index contributed by atoms with van der Waals surface area (Å²) in [7, 11) is 0.